The van der Waals surface area contributed by atoms with Gasteiger partial charge in [-0.25, -0.2) is 0 Å². The summed E-state index contributed by atoms with van der Waals surface area (Å²) in [5, 5.41) is 25.9. The highest BCUT2D eigenvalue weighted by molar-refractivity contribution is 6.08. The van der Waals surface area contributed by atoms with Crippen LogP contribution in [-0.2, 0) is 17.6 Å². The van der Waals surface area contributed by atoms with Gasteiger partial charge in [-0.15, -0.1) is 0 Å². The first-order valence-corrected chi connectivity index (χ1v) is 20.0. The number of benzene rings is 2. The average molecular weight is 738 g/mol. The number of Topliss-reactive ketones (excluding diaryl/α,β-unsaturated/α-hetero) is 1. The van der Waals surface area contributed by atoms with Crippen LogP contribution in [0.1, 0.15) is 98.4 Å². The lowest BCUT2D eigenvalue weighted by Gasteiger charge is -2.36. The van der Waals surface area contributed by atoms with Crippen LogP contribution >= 0.6 is 0 Å². The van der Waals surface area contributed by atoms with Gasteiger partial charge in [0, 0.05) is 31.4 Å². The molecule has 1 saturated carbocycles. The zero-order valence-corrected chi connectivity index (χ0v) is 31.3. The van der Waals surface area contributed by atoms with Gasteiger partial charge in [0.2, 0.25) is 0 Å². The predicted molar refractivity (Wildman–Crippen MR) is 210 cm³/mol. The van der Waals surface area contributed by atoms with Crippen molar-refractivity contribution in [2.45, 2.75) is 95.7 Å². The number of nitrogens with zero attached hydrogens (tertiary/aromatic N) is 1. The molecule has 0 amide bonds. The number of aryl methyl sites for hydroxylation is 1. The fourth-order valence-electron chi connectivity index (χ4n) is 9.59. The number of quaternary nitrogens is 1. The third-order valence-electron chi connectivity index (χ3n) is 12.8. The van der Waals surface area contributed by atoms with E-state index < -0.39 is 23.9 Å². The summed E-state index contributed by atoms with van der Waals surface area (Å²) >= 11 is 0. The second-order valence-electron chi connectivity index (χ2n) is 16.4. The molecule has 2 bridgehead atoms. The Morgan fingerprint density at radius 3 is 2.82 bits per heavy atom. The molecule has 9 rings (SSSR count). The Bertz CT molecular complexity index is 2190. The highest BCUT2D eigenvalue weighted by atomic mass is 16.5. The van der Waals surface area contributed by atoms with Gasteiger partial charge in [0.05, 0.1) is 17.1 Å². The van der Waals surface area contributed by atoms with Gasteiger partial charge in [-0.05, 0) is 95.8 Å². The molecular formula is C46H49N4O5+. The molecule has 1 spiro atoms. The lowest BCUT2D eigenvalue weighted by molar-refractivity contribution is -0.888. The van der Waals surface area contributed by atoms with E-state index >= 15 is 0 Å². The fourth-order valence-corrected chi connectivity index (χ4v) is 9.59. The summed E-state index contributed by atoms with van der Waals surface area (Å²) in [5.41, 5.74) is 13.9. The van der Waals surface area contributed by atoms with E-state index in [2.05, 4.69) is 54.5 Å². The number of rotatable bonds is 6. The van der Waals surface area contributed by atoms with Gasteiger partial charge >= 0.3 is 0 Å². The summed E-state index contributed by atoms with van der Waals surface area (Å²) in [6, 6.07) is 9.76. The van der Waals surface area contributed by atoms with Crippen LogP contribution in [0.5, 0.6) is 11.5 Å². The number of aliphatic hydroxyl groups is 2. The van der Waals surface area contributed by atoms with E-state index in [4.69, 9.17) is 20.2 Å². The van der Waals surface area contributed by atoms with Gasteiger partial charge in [-0.3, -0.25) is 14.7 Å². The van der Waals surface area contributed by atoms with Crippen LogP contribution in [0.15, 0.2) is 77.2 Å². The standard InChI is InChI=1S/C46H48N4O5/c1-28-4-8-30(9-5-28)41(53)24-32(51)10-6-29-7-15-42-43(22-29)55-45-38(46(19-21-54-42)17-2-3-18-46)13-14-40(52)34-11-12-35-33(16-20-48-44(35)47)36(34)23-31-25-49-39-27-50(45)26-37(31)39/h4,7-8,11-12,15-16,20,22,25-26,28,30,38,40-41,44-45,48,52-53H,2-3,5-6,9-10,17-18,23-24,27,47H2,1H3/p+1. The minimum absolute atomic E-state index is 0.0345. The third-order valence-corrected chi connectivity index (χ3v) is 12.8. The van der Waals surface area contributed by atoms with E-state index in [0.29, 0.717) is 43.2 Å². The van der Waals surface area contributed by atoms with Crippen molar-refractivity contribution in [2.24, 2.45) is 33.9 Å². The van der Waals surface area contributed by atoms with Crippen molar-refractivity contribution in [2.75, 3.05) is 6.54 Å². The summed E-state index contributed by atoms with van der Waals surface area (Å²) in [7, 11) is 0. The van der Waals surface area contributed by atoms with Gasteiger partial charge in [-0.2, -0.15) is 0 Å². The number of hydrogen-bond donors (Lipinski definition) is 5. The molecular weight excluding hydrogens is 689 g/mol. The maximum Gasteiger partial charge on any atom is 0.252 e. The van der Waals surface area contributed by atoms with Gasteiger partial charge < -0.3 is 30.7 Å². The van der Waals surface area contributed by atoms with Crippen LogP contribution in [0, 0.1) is 47.0 Å². The number of ether oxygens (including phenoxy) is 2. The number of aliphatic hydroxyl groups excluding tert-OH is 2. The molecule has 5 heterocycles. The molecule has 8 atom stereocenters. The molecule has 2 aliphatic carbocycles. The number of hydrogen-bond acceptors (Lipinski definition) is 8. The summed E-state index contributed by atoms with van der Waals surface area (Å²) in [5.74, 6) is 11.7. The molecule has 7 aliphatic rings. The molecule has 282 valence electrons. The molecule has 0 aromatic heterocycles. The molecule has 1 fully saturated rings. The summed E-state index contributed by atoms with van der Waals surface area (Å²) in [6.07, 6.45) is 20.1. The van der Waals surface area contributed by atoms with E-state index in [0.717, 1.165) is 88.1 Å². The van der Waals surface area contributed by atoms with Gasteiger partial charge in [0.1, 0.15) is 48.5 Å². The Morgan fingerprint density at radius 2 is 1.98 bits per heavy atom. The van der Waals surface area contributed by atoms with E-state index in [1.54, 1.807) is 0 Å². The van der Waals surface area contributed by atoms with E-state index in [-0.39, 0.29) is 30.2 Å². The van der Waals surface area contributed by atoms with Gasteiger partial charge in [0.25, 0.3) is 6.23 Å². The van der Waals surface area contributed by atoms with E-state index in [1.807, 2.05) is 48.8 Å². The summed E-state index contributed by atoms with van der Waals surface area (Å²) in [6.45, 7) is 2.80. The van der Waals surface area contributed by atoms with Crippen molar-refractivity contribution in [3.8, 4) is 35.4 Å². The molecule has 8 unspecified atom stereocenters. The molecule has 0 radical (unpaired) electrons. The SMILES string of the molecule is CC1C=CC(C(O)CC(=O)CCc2ccc3c(c2)OC2C(C#CC(O)c4ccc5c(c4CC4=CN=C6C[NH+]2C=C46)C=CNC5N)C2(C#CO3)CCCC2)CC1. The maximum atomic E-state index is 13.1. The highest BCUT2D eigenvalue weighted by Crippen LogP contribution is 2.47. The largest absolute Gasteiger partial charge is 0.437 e. The second kappa shape index (κ2) is 14.6. The van der Waals surface area contributed by atoms with Crippen molar-refractivity contribution >= 4 is 17.6 Å². The molecule has 2 aromatic carbocycles. The minimum Gasteiger partial charge on any atom is -0.437 e. The number of fused-ring (bicyclic) bond motifs is 8. The van der Waals surface area contributed by atoms with Crippen LogP contribution in [0.3, 0.4) is 0 Å². The van der Waals surface area contributed by atoms with Crippen molar-refractivity contribution in [1.29, 1.82) is 0 Å². The molecule has 55 heavy (non-hydrogen) atoms. The van der Waals surface area contributed by atoms with Crippen molar-refractivity contribution in [3.05, 3.63) is 100 Å². The van der Waals surface area contributed by atoms with Crippen LogP contribution < -0.4 is 25.4 Å². The Hall–Kier alpha value is -4.90. The smallest absolute Gasteiger partial charge is 0.252 e. The van der Waals surface area contributed by atoms with Crippen molar-refractivity contribution < 1.29 is 29.4 Å². The first kappa shape index (κ1) is 35.8. The number of allylic oxidation sites excluding steroid dienone is 2. The topological polar surface area (TPSA) is 131 Å². The van der Waals surface area contributed by atoms with Crippen molar-refractivity contribution in [3.63, 3.8) is 0 Å². The number of carbonyl (C=O) groups excluding carboxylic acids is 1. The summed E-state index contributed by atoms with van der Waals surface area (Å²) < 4.78 is 13.3. The first-order chi connectivity index (χ1) is 26.7. The minimum atomic E-state index is -1.04. The molecule has 0 saturated heterocycles. The maximum absolute atomic E-state index is 13.1. The van der Waals surface area contributed by atoms with Gasteiger partial charge in [-0.1, -0.05) is 67.9 Å². The Balaban J connectivity index is 1.06. The van der Waals surface area contributed by atoms with Crippen molar-refractivity contribution in [1.82, 2.24) is 5.32 Å². The number of ketones is 1. The van der Waals surface area contributed by atoms with Crippen LogP contribution in [0.2, 0.25) is 0 Å². The number of nitrogens with one attached hydrogen (secondary N) is 2. The monoisotopic (exact) mass is 737 g/mol. The molecule has 9 heteroatoms. The number of nitrogens with two attached hydrogens (primary N) is 1. The van der Waals surface area contributed by atoms with Crippen LogP contribution in [-0.4, -0.2) is 40.6 Å². The van der Waals surface area contributed by atoms with Crippen LogP contribution in [0.4, 0.5) is 0 Å². The molecule has 9 nitrogen and oxygen atoms in total. The normalized spacial score (nSPS) is 29.7. The Labute approximate surface area is 323 Å². The molecule has 5 aliphatic heterocycles. The van der Waals surface area contributed by atoms with Gasteiger partial charge in [0.15, 0.2) is 11.5 Å². The van der Waals surface area contributed by atoms with E-state index in [9.17, 15) is 15.0 Å². The van der Waals surface area contributed by atoms with E-state index in [1.165, 1.54) is 0 Å². The average Bonchev–Trinajstić information content (AvgIpc) is 3.93. The number of carbonyl (C=O) groups is 1. The molecule has 2 aromatic rings. The zero-order chi connectivity index (χ0) is 37.7. The predicted octanol–water partition coefficient (Wildman–Crippen LogP) is 4.72. The summed E-state index contributed by atoms with van der Waals surface area (Å²) in [4.78, 5) is 19.1. The third kappa shape index (κ3) is 6.85. The quantitative estimate of drug-likeness (QED) is 0.214. The fraction of sp³-hybridized carbons (Fsp3) is 0.435. The zero-order valence-electron chi connectivity index (χ0n) is 31.3. The molecule has 6 N–H and O–H groups in total. The lowest BCUT2D eigenvalue weighted by atomic mass is 9.73. The number of aliphatic imine (C=N–C) groups is 1. The lowest BCUT2D eigenvalue weighted by Crippen LogP contribution is -3.13. The Morgan fingerprint density at radius 1 is 1.13 bits per heavy atom. The Kier molecular flexibility index (Phi) is 9.52. The first-order valence-electron chi connectivity index (χ1n) is 20.0. The highest BCUT2D eigenvalue weighted by Gasteiger charge is 2.51. The van der Waals surface area contributed by atoms with Crippen LogP contribution in [0.25, 0.3) is 6.08 Å². The second-order valence-corrected chi connectivity index (χ2v) is 16.4.